The van der Waals surface area contributed by atoms with Crippen molar-refractivity contribution < 1.29 is 19.4 Å². The van der Waals surface area contributed by atoms with E-state index in [1.54, 1.807) is 19.1 Å². The maximum Gasteiger partial charge on any atom is 0.271 e. The van der Waals surface area contributed by atoms with Gasteiger partial charge >= 0.3 is 0 Å². The predicted molar refractivity (Wildman–Crippen MR) is 68.3 cm³/mol. The van der Waals surface area contributed by atoms with E-state index in [2.05, 4.69) is 10.5 Å². The van der Waals surface area contributed by atoms with Crippen LogP contribution in [0.1, 0.15) is 21.9 Å². The minimum Gasteiger partial charge on any atom is -0.504 e. The molecule has 1 heterocycles. The lowest BCUT2D eigenvalue weighted by Crippen LogP contribution is -2.17. The molecule has 2 rings (SSSR count). The molecule has 98 valence electrons. The van der Waals surface area contributed by atoms with E-state index in [-0.39, 0.29) is 17.1 Å². The normalized spacial score (nSPS) is 10.8. The number of amides is 1. The van der Waals surface area contributed by atoms with Crippen molar-refractivity contribution in [3.05, 3.63) is 47.4 Å². The molecule has 0 unspecified atom stereocenters. The standard InChI is InChI=1S/C13H12N2O4/c1-8-2-4-10(19-8)7-14-15-13(18)9-3-5-11(16)12(17)6-9/h2-7,16-17H,1H3,(H,15,18). The molecule has 0 fully saturated rings. The molecule has 0 saturated carbocycles. The number of carbonyl (C=O) groups excluding carboxylic acids is 1. The lowest BCUT2D eigenvalue weighted by molar-refractivity contribution is 0.0954. The second-order valence-corrected chi connectivity index (χ2v) is 3.85. The van der Waals surface area contributed by atoms with E-state index in [9.17, 15) is 9.90 Å². The summed E-state index contributed by atoms with van der Waals surface area (Å²) in [6.45, 7) is 1.80. The van der Waals surface area contributed by atoms with Crippen LogP contribution in [0.3, 0.4) is 0 Å². The maximum atomic E-state index is 11.7. The molecule has 0 aliphatic heterocycles. The number of furan rings is 1. The largest absolute Gasteiger partial charge is 0.504 e. The third-order valence-corrected chi connectivity index (χ3v) is 2.36. The molecule has 0 aliphatic rings. The van der Waals surface area contributed by atoms with E-state index in [0.717, 1.165) is 11.8 Å². The SMILES string of the molecule is Cc1ccc(C=NNC(=O)c2ccc(O)c(O)c2)o1. The monoisotopic (exact) mass is 260 g/mol. The Morgan fingerprint density at radius 1 is 1.26 bits per heavy atom. The van der Waals surface area contributed by atoms with Gasteiger partial charge in [-0.1, -0.05) is 0 Å². The molecular weight excluding hydrogens is 248 g/mol. The van der Waals surface area contributed by atoms with Crippen molar-refractivity contribution in [3.63, 3.8) is 0 Å². The Morgan fingerprint density at radius 3 is 2.68 bits per heavy atom. The summed E-state index contributed by atoms with van der Waals surface area (Å²) in [6.07, 6.45) is 1.37. The number of phenolic OH excluding ortho intramolecular Hbond substituents is 2. The highest BCUT2D eigenvalue weighted by atomic mass is 16.3. The Kier molecular flexibility index (Phi) is 3.51. The van der Waals surface area contributed by atoms with Crippen molar-refractivity contribution >= 4 is 12.1 Å². The van der Waals surface area contributed by atoms with Gasteiger partial charge in [-0.05, 0) is 37.3 Å². The van der Waals surface area contributed by atoms with Crippen LogP contribution in [0.4, 0.5) is 0 Å². The molecule has 0 bridgehead atoms. The molecule has 1 amide bonds. The Morgan fingerprint density at radius 2 is 2.05 bits per heavy atom. The van der Waals surface area contributed by atoms with Gasteiger partial charge in [0.15, 0.2) is 11.5 Å². The first-order valence-electron chi connectivity index (χ1n) is 5.48. The highest BCUT2D eigenvalue weighted by Gasteiger charge is 2.07. The highest BCUT2D eigenvalue weighted by molar-refractivity contribution is 5.95. The van der Waals surface area contributed by atoms with Crippen molar-refractivity contribution in [1.82, 2.24) is 5.43 Å². The van der Waals surface area contributed by atoms with E-state index in [1.165, 1.54) is 18.3 Å². The van der Waals surface area contributed by atoms with Crippen LogP contribution < -0.4 is 5.43 Å². The molecule has 3 N–H and O–H groups in total. The number of hydrogen-bond donors (Lipinski definition) is 3. The smallest absolute Gasteiger partial charge is 0.271 e. The number of nitrogens with one attached hydrogen (secondary N) is 1. The topological polar surface area (TPSA) is 95.1 Å². The van der Waals surface area contributed by atoms with Crippen LogP contribution >= 0.6 is 0 Å². The van der Waals surface area contributed by atoms with Crippen molar-refractivity contribution in [2.75, 3.05) is 0 Å². The Labute approximate surface area is 109 Å². The zero-order valence-electron chi connectivity index (χ0n) is 10.1. The number of aryl methyl sites for hydroxylation is 1. The van der Waals surface area contributed by atoms with Gasteiger partial charge < -0.3 is 14.6 Å². The van der Waals surface area contributed by atoms with E-state index in [0.29, 0.717) is 5.76 Å². The van der Waals surface area contributed by atoms with E-state index >= 15 is 0 Å². The van der Waals surface area contributed by atoms with Gasteiger partial charge in [0, 0.05) is 5.56 Å². The first-order chi connectivity index (χ1) is 9.06. The first kappa shape index (κ1) is 12.7. The summed E-state index contributed by atoms with van der Waals surface area (Å²) in [4.78, 5) is 11.7. The average Bonchev–Trinajstić information content (AvgIpc) is 2.78. The van der Waals surface area contributed by atoms with Crippen molar-refractivity contribution in [2.24, 2.45) is 5.10 Å². The molecule has 0 radical (unpaired) electrons. The van der Waals surface area contributed by atoms with Gasteiger partial charge in [-0.25, -0.2) is 5.43 Å². The third kappa shape index (κ3) is 3.12. The lowest BCUT2D eigenvalue weighted by atomic mass is 10.2. The first-order valence-corrected chi connectivity index (χ1v) is 5.48. The summed E-state index contributed by atoms with van der Waals surface area (Å²) in [5.41, 5.74) is 2.46. The minimum atomic E-state index is -0.505. The number of hydrogen-bond acceptors (Lipinski definition) is 5. The fraction of sp³-hybridized carbons (Fsp3) is 0.0769. The highest BCUT2D eigenvalue weighted by Crippen LogP contribution is 2.24. The van der Waals surface area contributed by atoms with Crippen LogP contribution in [0.25, 0.3) is 0 Å². The molecular formula is C13H12N2O4. The summed E-state index contributed by atoms with van der Waals surface area (Å²) in [6, 6.07) is 7.25. The van der Waals surface area contributed by atoms with Gasteiger partial charge in [0.25, 0.3) is 5.91 Å². The average molecular weight is 260 g/mol. The molecule has 1 aromatic heterocycles. The zero-order valence-corrected chi connectivity index (χ0v) is 10.1. The predicted octanol–water partition coefficient (Wildman–Crippen LogP) is 1.76. The second kappa shape index (κ2) is 5.26. The Bertz CT molecular complexity index is 631. The quantitative estimate of drug-likeness (QED) is 0.445. The van der Waals surface area contributed by atoms with Crippen molar-refractivity contribution in [2.45, 2.75) is 6.92 Å². The summed E-state index contributed by atoms with van der Waals surface area (Å²) < 4.78 is 5.23. The van der Waals surface area contributed by atoms with Crippen LogP contribution in [0.2, 0.25) is 0 Å². The van der Waals surface area contributed by atoms with Crippen LogP contribution in [0.15, 0.2) is 39.9 Å². The summed E-state index contributed by atoms with van der Waals surface area (Å²) in [7, 11) is 0. The number of benzene rings is 1. The van der Waals surface area contributed by atoms with Gasteiger partial charge in [0.2, 0.25) is 0 Å². The number of rotatable bonds is 3. The van der Waals surface area contributed by atoms with Gasteiger partial charge in [-0.3, -0.25) is 4.79 Å². The van der Waals surface area contributed by atoms with Crippen LogP contribution in [-0.4, -0.2) is 22.3 Å². The molecule has 6 heteroatoms. The molecule has 0 spiro atoms. The Hall–Kier alpha value is -2.76. The number of aromatic hydroxyl groups is 2. The molecule has 2 aromatic rings. The lowest BCUT2D eigenvalue weighted by Gasteiger charge is -2.01. The number of nitrogens with zero attached hydrogens (tertiary/aromatic N) is 1. The molecule has 1 aromatic carbocycles. The number of carbonyl (C=O) groups is 1. The molecule has 19 heavy (non-hydrogen) atoms. The van der Waals surface area contributed by atoms with E-state index in [1.807, 2.05) is 0 Å². The minimum absolute atomic E-state index is 0.183. The van der Waals surface area contributed by atoms with Crippen molar-refractivity contribution in [3.8, 4) is 11.5 Å². The summed E-state index contributed by atoms with van der Waals surface area (Å²) in [5, 5.41) is 22.1. The van der Waals surface area contributed by atoms with Crippen LogP contribution in [0.5, 0.6) is 11.5 Å². The fourth-order valence-corrected chi connectivity index (χ4v) is 1.41. The molecule has 0 saturated heterocycles. The molecule has 0 atom stereocenters. The third-order valence-electron chi connectivity index (χ3n) is 2.36. The number of phenols is 2. The number of hydrazone groups is 1. The summed E-state index contributed by atoms with van der Waals surface area (Å²) >= 11 is 0. The van der Waals surface area contributed by atoms with Crippen molar-refractivity contribution in [1.29, 1.82) is 0 Å². The van der Waals surface area contributed by atoms with Gasteiger partial charge in [0.1, 0.15) is 11.5 Å². The second-order valence-electron chi connectivity index (χ2n) is 3.85. The molecule has 6 nitrogen and oxygen atoms in total. The van der Waals surface area contributed by atoms with Gasteiger partial charge in [-0.15, -0.1) is 0 Å². The Balaban J connectivity index is 2.01. The van der Waals surface area contributed by atoms with Gasteiger partial charge in [0.05, 0.1) is 6.21 Å². The van der Waals surface area contributed by atoms with Crippen LogP contribution in [-0.2, 0) is 0 Å². The summed E-state index contributed by atoms with van der Waals surface area (Å²) in [5.74, 6) is 0.113. The van der Waals surface area contributed by atoms with Crippen LogP contribution in [0, 0.1) is 6.92 Å². The zero-order chi connectivity index (χ0) is 13.8. The van der Waals surface area contributed by atoms with Gasteiger partial charge in [-0.2, -0.15) is 5.10 Å². The van der Waals surface area contributed by atoms with E-state index < -0.39 is 5.91 Å². The molecule has 0 aliphatic carbocycles. The maximum absolute atomic E-state index is 11.7. The van der Waals surface area contributed by atoms with E-state index in [4.69, 9.17) is 9.52 Å². The fourth-order valence-electron chi connectivity index (χ4n) is 1.41.